The minimum absolute atomic E-state index is 0.0441. The van der Waals surface area contributed by atoms with E-state index < -0.39 is 0 Å². The molecule has 0 atom stereocenters. The number of benzene rings is 1. The van der Waals surface area contributed by atoms with Crippen LogP contribution >= 0.6 is 0 Å². The van der Waals surface area contributed by atoms with Crippen molar-refractivity contribution in [2.45, 2.75) is 31.7 Å². The molecule has 0 unspecified atom stereocenters. The zero-order chi connectivity index (χ0) is 17.8. The van der Waals surface area contributed by atoms with Gasteiger partial charge in [0.1, 0.15) is 5.69 Å². The van der Waals surface area contributed by atoms with Crippen LogP contribution in [0.2, 0.25) is 0 Å². The molecule has 0 bridgehead atoms. The number of nitrogens with zero attached hydrogens (tertiary/aromatic N) is 3. The summed E-state index contributed by atoms with van der Waals surface area (Å²) in [6, 6.07) is 14.7. The Morgan fingerprint density at radius 2 is 1.54 bits per heavy atom. The van der Waals surface area contributed by atoms with Crippen LogP contribution in [0.4, 0.5) is 11.4 Å². The monoisotopic (exact) mass is 350 g/mol. The summed E-state index contributed by atoms with van der Waals surface area (Å²) in [7, 11) is 0. The van der Waals surface area contributed by atoms with Crippen LogP contribution in [0.15, 0.2) is 48.7 Å². The van der Waals surface area contributed by atoms with Crippen molar-refractivity contribution in [2.24, 2.45) is 0 Å². The molecule has 5 nitrogen and oxygen atoms in total. The second kappa shape index (κ2) is 7.77. The second-order valence-electron chi connectivity index (χ2n) is 7.17. The average Bonchev–Trinajstić information content (AvgIpc) is 3.22. The van der Waals surface area contributed by atoms with Crippen molar-refractivity contribution in [3.05, 3.63) is 54.4 Å². The van der Waals surface area contributed by atoms with E-state index in [9.17, 15) is 4.79 Å². The van der Waals surface area contributed by atoms with E-state index in [0.717, 1.165) is 44.7 Å². The van der Waals surface area contributed by atoms with Crippen LogP contribution in [0.1, 0.15) is 36.2 Å². The van der Waals surface area contributed by atoms with Crippen LogP contribution < -0.4 is 15.1 Å². The van der Waals surface area contributed by atoms with Crippen LogP contribution in [0.5, 0.6) is 0 Å². The molecule has 136 valence electrons. The first kappa shape index (κ1) is 16.9. The summed E-state index contributed by atoms with van der Waals surface area (Å²) in [6.07, 6.45) is 6.45. The lowest BCUT2D eigenvalue weighted by Crippen LogP contribution is -2.46. The number of carbonyl (C=O) groups is 1. The predicted molar refractivity (Wildman–Crippen MR) is 105 cm³/mol. The highest BCUT2D eigenvalue weighted by molar-refractivity contribution is 5.92. The molecule has 1 amide bonds. The molecule has 1 aliphatic heterocycles. The molecular weight excluding hydrogens is 324 g/mol. The molecule has 0 radical (unpaired) electrons. The Bertz CT molecular complexity index is 717. The van der Waals surface area contributed by atoms with Gasteiger partial charge in [-0.3, -0.25) is 4.79 Å². The third kappa shape index (κ3) is 3.82. The van der Waals surface area contributed by atoms with Crippen molar-refractivity contribution in [1.82, 2.24) is 10.3 Å². The van der Waals surface area contributed by atoms with E-state index in [4.69, 9.17) is 0 Å². The summed E-state index contributed by atoms with van der Waals surface area (Å²) in [5.41, 5.74) is 2.89. The molecule has 1 aromatic carbocycles. The normalized spacial score (nSPS) is 18.2. The van der Waals surface area contributed by atoms with E-state index in [1.165, 1.54) is 18.5 Å². The Morgan fingerprint density at radius 3 is 2.15 bits per heavy atom. The number of hydrogen-bond donors (Lipinski definition) is 1. The summed E-state index contributed by atoms with van der Waals surface area (Å²) >= 11 is 0. The summed E-state index contributed by atoms with van der Waals surface area (Å²) < 4.78 is 0. The van der Waals surface area contributed by atoms with Gasteiger partial charge in [-0.2, -0.15) is 0 Å². The standard InChI is InChI=1S/C21H26N4O/c26-21(23-17-6-4-5-7-17)20-11-10-19(16-22-20)25-14-12-24(13-15-25)18-8-2-1-3-9-18/h1-3,8-11,16-17H,4-7,12-15H2,(H,23,26). The number of aromatic nitrogens is 1. The number of pyridine rings is 1. The largest absolute Gasteiger partial charge is 0.368 e. The van der Waals surface area contributed by atoms with Crippen molar-refractivity contribution in [3.63, 3.8) is 0 Å². The molecule has 1 N–H and O–H groups in total. The topological polar surface area (TPSA) is 48.5 Å². The maximum atomic E-state index is 12.3. The molecule has 1 aromatic heterocycles. The van der Waals surface area contributed by atoms with Gasteiger partial charge in [-0.05, 0) is 37.1 Å². The lowest BCUT2D eigenvalue weighted by atomic mass is 10.2. The SMILES string of the molecule is O=C(NC1CCCC1)c1ccc(N2CCN(c3ccccc3)CC2)cn1. The first-order chi connectivity index (χ1) is 12.8. The highest BCUT2D eigenvalue weighted by atomic mass is 16.1. The fraction of sp³-hybridized carbons (Fsp3) is 0.429. The molecule has 2 fully saturated rings. The Labute approximate surface area is 155 Å². The molecule has 1 saturated carbocycles. The van der Waals surface area contributed by atoms with Gasteiger partial charge in [-0.1, -0.05) is 31.0 Å². The van der Waals surface area contributed by atoms with Crippen LogP contribution in [0, 0.1) is 0 Å². The molecule has 26 heavy (non-hydrogen) atoms. The number of amides is 1. The Kier molecular flexibility index (Phi) is 5.04. The smallest absolute Gasteiger partial charge is 0.270 e. The maximum absolute atomic E-state index is 12.3. The van der Waals surface area contributed by atoms with Crippen molar-refractivity contribution < 1.29 is 4.79 Å². The van der Waals surface area contributed by atoms with E-state index >= 15 is 0 Å². The van der Waals surface area contributed by atoms with Gasteiger partial charge >= 0.3 is 0 Å². The van der Waals surface area contributed by atoms with Crippen LogP contribution in [0.25, 0.3) is 0 Å². The van der Waals surface area contributed by atoms with Crippen molar-refractivity contribution in [2.75, 3.05) is 36.0 Å². The average molecular weight is 350 g/mol. The Balaban J connectivity index is 1.33. The van der Waals surface area contributed by atoms with Gasteiger partial charge in [0.25, 0.3) is 5.91 Å². The van der Waals surface area contributed by atoms with Crippen molar-refractivity contribution in [3.8, 4) is 0 Å². The van der Waals surface area contributed by atoms with Gasteiger partial charge < -0.3 is 15.1 Å². The van der Waals surface area contributed by atoms with E-state index in [1.54, 1.807) is 0 Å². The molecule has 2 aliphatic rings. The van der Waals surface area contributed by atoms with E-state index in [-0.39, 0.29) is 5.91 Å². The fourth-order valence-corrected chi connectivity index (χ4v) is 3.90. The maximum Gasteiger partial charge on any atom is 0.270 e. The lowest BCUT2D eigenvalue weighted by molar-refractivity contribution is 0.0933. The molecule has 2 aromatic rings. The fourth-order valence-electron chi connectivity index (χ4n) is 3.90. The molecule has 1 saturated heterocycles. The third-order valence-electron chi connectivity index (χ3n) is 5.44. The number of piperazine rings is 1. The van der Waals surface area contributed by atoms with Crippen LogP contribution in [0.3, 0.4) is 0 Å². The van der Waals surface area contributed by atoms with E-state index in [2.05, 4.69) is 50.4 Å². The highest BCUT2D eigenvalue weighted by Gasteiger charge is 2.20. The summed E-state index contributed by atoms with van der Waals surface area (Å²) in [4.78, 5) is 21.4. The zero-order valence-corrected chi connectivity index (χ0v) is 15.1. The number of hydrogen-bond acceptors (Lipinski definition) is 4. The number of para-hydroxylation sites is 1. The first-order valence-corrected chi connectivity index (χ1v) is 9.61. The Morgan fingerprint density at radius 1 is 0.885 bits per heavy atom. The lowest BCUT2D eigenvalue weighted by Gasteiger charge is -2.37. The summed E-state index contributed by atoms with van der Waals surface area (Å²) in [6.45, 7) is 3.91. The number of nitrogens with one attached hydrogen (secondary N) is 1. The minimum atomic E-state index is -0.0441. The molecule has 0 spiro atoms. The quantitative estimate of drug-likeness (QED) is 0.921. The van der Waals surface area contributed by atoms with Gasteiger partial charge in [-0.25, -0.2) is 4.98 Å². The molecular formula is C21H26N4O. The van der Waals surface area contributed by atoms with E-state index in [0.29, 0.717) is 11.7 Å². The van der Waals surface area contributed by atoms with Gasteiger partial charge in [-0.15, -0.1) is 0 Å². The van der Waals surface area contributed by atoms with Crippen molar-refractivity contribution >= 4 is 17.3 Å². The summed E-state index contributed by atoms with van der Waals surface area (Å²) in [5, 5.41) is 3.10. The minimum Gasteiger partial charge on any atom is -0.368 e. The van der Waals surface area contributed by atoms with E-state index in [1.807, 2.05) is 18.3 Å². The van der Waals surface area contributed by atoms with Crippen LogP contribution in [-0.2, 0) is 0 Å². The number of anilines is 2. The van der Waals surface area contributed by atoms with Gasteiger partial charge in [0.05, 0.1) is 11.9 Å². The first-order valence-electron chi connectivity index (χ1n) is 9.61. The van der Waals surface area contributed by atoms with Crippen molar-refractivity contribution in [1.29, 1.82) is 0 Å². The molecule has 4 rings (SSSR count). The third-order valence-corrected chi connectivity index (χ3v) is 5.44. The second-order valence-corrected chi connectivity index (χ2v) is 7.17. The number of rotatable bonds is 4. The molecule has 5 heteroatoms. The zero-order valence-electron chi connectivity index (χ0n) is 15.1. The van der Waals surface area contributed by atoms with Crippen LogP contribution in [-0.4, -0.2) is 43.1 Å². The highest BCUT2D eigenvalue weighted by Crippen LogP contribution is 2.21. The van der Waals surface area contributed by atoms with Gasteiger partial charge in [0.2, 0.25) is 0 Å². The Hall–Kier alpha value is -2.56. The summed E-state index contributed by atoms with van der Waals surface area (Å²) in [5.74, 6) is -0.0441. The van der Waals surface area contributed by atoms with Gasteiger partial charge in [0, 0.05) is 37.9 Å². The predicted octanol–water partition coefficient (Wildman–Crippen LogP) is 3.08. The molecule has 2 heterocycles. The molecule has 1 aliphatic carbocycles. The van der Waals surface area contributed by atoms with Gasteiger partial charge in [0.15, 0.2) is 0 Å². The number of carbonyl (C=O) groups excluding carboxylic acids is 1.